The summed E-state index contributed by atoms with van der Waals surface area (Å²) in [6, 6.07) is 10.3. The molecule has 20 heavy (non-hydrogen) atoms. The minimum atomic E-state index is -0.0385. The maximum Gasteiger partial charge on any atom is 0.148 e. The van der Waals surface area contributed by atoms with Crippen LogP contribution in [0.15, 0.2) is 30.3 Å². The molecular formula is C15H18BrN3O. The van der Waals surface area contributed by atoms with Gasteiger partial charge in [0.1, 0.15) is 11.6 Å². The van der Waals surface area contributed by atoms with E-state index in [9.17, 15) is 0 Å². The van der Waals surface area contributed by atoms with Gasteiger partial charge in [0, 0.05) is 19.2 Å². The molecule has 1 aliphatic carbocycles. The molecule has 0 amide bonds. The van der Waals surface area contributed by atoms with Crippen LogP contribution in [0.2, 0.25) is 0 Å². The van der Waals surface area contributed by atoms with Gasteiger partial charge in [-0.1, -0.05) is 34.1 Å². The van der Waals surface area contributed by atoms with E-state index in [1.54, 1.807) is 7.11 Å². The summed E-state index contributed by atoms with van der Waals surface area (Å²) in [4.78, 5) is 0. The molecule has 0 spiro atoms. The van der Waals surface area contributed by atoms with Gasteiger partial charge in [0.15, 0.2) is 0 Å². The van der Waals surface area contributed by atoms with E-state index in [-0.39, 0.29) is 5.60 Å². The van der Waals surface area contributed by atoms with Crippen molar-refractivity contribution in [1.29, 1.82) is 0 Å². The van der Waals surface area contributed by atoms with E-state index in [0.717, 1.165) is 36.6 Å². The zero-order valence-electron chi connectivity index (χ0n) is 11.6. The normalized spacial score (nSPS) is 16.9. The standard InChI is InChI=1S/C15H18BrN3O/c1-20-15(8-5-9-15)10-13-17-18-14(11-16)19(13)12-6-3-2-4-7-12/h2-4,6-7H,5,8-11H2,1H3. The van der Waals surface area contributed by atoms with Gasteiger partial charge in [-0.05, 0) is 31.4 Å². The Labute approximate surface area is 127 Å². The lowest BCUT2D eigenvalue weighted by molar-refractivity contribution is -0.0723. The highest BCUT2D eigenvalue weighted by molar-refractivity contribution is 9.08. The van der Waals surface area contributed by atoms with Crippen LogP contribution in [-0.4, -0.2) is 27.5 Å². The van der Waals surface area contributed by atoms with Gasteiger partial charge in [-0.3, -0.25) is 4.57 Å². The smallest absolute Gasteiger partial charge is 0.148 e. The average Bonchev–Trinajstić information content (AvgIpc) is 2.86. The second-order valence-corrected chi connectivity index (χ2v) is 5.82. The molecule has 1 aromatic carbocycles. The molecule has 3 rings (SSSR count). The molecule has 1 heterocycles. The summed E-state index contributed by atoms with van der Waals surface area (Å²) in [5.41, 5.74) is 1.07. The summed E-state index contributed by atoms with van der Waals surface area (Å²) in [7, 11) is 1.80. The number of ether oxygens (including phenoxy) is 1. The molecule has 5 heteroatoms. The van der Waals surface area contributed by atoms with Crippen LogP contribution in [0.5, 0.6) is 0 Å². The summed E-state index contributed by atoms with van der Waals surface area (Å²) < 4.78 is 7.85. The van der Waals surface area contributed by atoms with Crippen LogP contribution in [0.1, 0.15) is 30.9 Å². The minimum absolute atomic E-state index is 0.0385. The first-order valence-electron chi connectivity index (χ1n) is 6.88. The molecule has 4 nitrogen and oxygen atoms in total. The van der Waals surface area contributed by atoms with E-state index in [1.165, 1.54) is 6.42 Å². The van der Waals surface area contributed by atoms with Crippen molar-refractivity contribution in [3.63, 3.8) is 0 Å². The maximum absolute atomic E-state index is 5.72. The second-order valence-electron chi connectivity index (χ2n) is 5.25. The number of aromatic nitrogens is 3. The van der Waals surface area contributed by atoms with E-state index in [2.05, 4.69) is 42.8 Å². The molecule has 106 valence electrons. The van der Waals surface area contributed by atoms with Crippen LogP contribution < -0.4 is 0 Å². The molecular weight excluding hydrogens is 318 g/mol. The zero-order chi connectivity index (χ0) is 14.0. The van der Waals surface area contributed by atoms with Gasteiger partial charge in [0.25, 0.3) is 0 Å². The van der Waals surface area contributed by atoms with Crippen LogP contribution in [0.4, 0.5) is 0 Å². The number of halogens is 1. The fourth-order valence-electron chi connectivity index (χ4n) is 2.74. The highest BCUT2D eigenvalue weighted by Crippen LogP contribution is 2.38. The third-order valence-corrected chi connectivity index (χ3v) is 4.61. The Morgan fingerprint density at radius 3 is 2.45 bits per heavy atom. The number of hydrogen-bond acceptors (Lipinski definition) is 3. The van der Waals surface area contributed by atoms with Gasteiger partial charge >= 0.3 is 0 Å². The van der Waals surface area contributed by atoms with Crippen LogP contribution in [0, 0.1) is 0 Å². The van der Waals surface area contributed by atoms with Crippen LogP contribution in [0.3, 0.4) is 0 Å². The summed E-state index contributed by atoms with van der Waals surface area (Å²) in [6.45, 7) is 0. The molecule has 0 bridgehead atoms. The summed E-state index contributed by atoms with van der Waals surface area (Å²) in [6.07, 6.45) is 4.26. The Kier molecular flexibility index (Phi) is 3.89. The summed E-state index contributed by atoms with van der Waals surface area (Å²) in [5, 5.41) is 9.37. The second kappa shape index (κ2) is 5.66. The predicted octanol–water partition coefficient (Wildman–Crippen LogP) is 3.27. The molecule has 1 aromatic heterocycles. The van der Waals surface area contributed by atoms with Crippen molar-refractivity contribution in [2.45, 2.75) is 36.6 Å². The van der Waals surface area contributed by atoms with Gasteiger partial charge in [0.05, 0.1) is 10.9 Å². The number of para-hydroxylation sites is 1. The molecule has 0 N–H and O–H groups in total. The molecule has 1 aliphatic rings. The highest BCUT2D eigenvalue weighted by Gasteiger charge is 2.38. The third kappa shape index (κ3) is 2.40. The predicted molar refractivity (Wildman–Crippen MR) is 81.3 cm³/mol. The molecule has 0 radical (unpaired) electrons. The van der Waals surface area contributed by atoms with Crippen molar-refractivity contribution in [3.05, 3.63) is 42.0 Å². The van der Waals surface area contributed by atoms with Gasteiger partial charge in [0.2, 0.25) is 0 Å². The van der Waals surface area contributed by atoms with Gasteiger partial charge in [-0.15, -0.1) is 10.2 Å². The van der Waals surface area contributed by atoms with Crippen LogP contribution in [0.25, 0.3) is 5.69 Å². The van der Waals surface area contributed by atoms with Crippen molar-refractivity contribution in [2.24, 2.45) is 0 Å². The Morgan fingerprint density at radius 2 is 1.90 bits per heavy atom. The van der Waals surface area contributed by atoms with E-state index in [4.69, 9.17) is 4.74 Å². The number of alkyl halides is 1. The lowest BCUT2D eigenvalue weighted by Gasteiger charge is -2.40. The Balaban J connectivity index is 1.98. The van der Waals surface area contributed by atoms with Crippen molar-refractivity contribution >= 4 is 15.9 Å². The van der Waals surface area contributed by atoms with Crippen LogP contribution in [-0.2, 0) is 16.5 Å². The quantitative estimate of drug-likeness (QED) is 0.787. The van der Waals surface area contributed by atoms with Crippen molar-refractivity contribution in [3.8, 4) is 5.69 Å². The monoisotopic (exact) mass is 335 g/mol. The molecule has 0 aliphatic heterocycles. The first-order chi connectivity index (χ1) is 9.78. The van der Waals surface area contributed by atoms with Crippen LogP contribution >= 0.6 is 15.9 Å². The Morgan fingerprint density at radius 1 is 1.20 bits per heavy atom. The third-order valence-electron chi connectivity index (χ3n) is 4.11. The fourth-order valence-corrected chi connectivity index (χ4v) is 3.11. The van der Waals surface area contributed by atoms with Crippen molar-refractivity contribution in [1.82, 2.24) is 14.8 Å². The average molecular weight is 336 g/mol. The number of nitrogens with zero attached hydrogens (tertiary/aromatic N) is 3. The largest absolute Gasteiger partial charge is 0.378 e. The van der Waals surface area contributed by atoms with E-state index in [1.807, 2.05) is 18.2 Å². The molecule has 0 unspecified atom stereocenters. The van der Waals surface area contributed by atoms with Crippen molar-refractivity contribution in [2.75, 3.05) is 7.11 Å². The molecule has 1 saturated carbocycles. The number of benzene rings is 1. The molecule has 0 saturated heterocycles. The topological polar surface area (TPSA) is 39.9 Å². The molecule has 2 aromatic rings. The highest BCUT2D eigenvalue weighted by atomic mass is 79.9. The van der Waals surface area contributed by atoms with E-state index >= 15 is 0 Å². The lowest BCUT2D eigenvalue weighted by Crippen LogP contribution is -2.42. The maximum atomic E-state index is 5.72. The first-order valence-corrected chi connectivity index (χ1v) is 8.00. The number of rotatable bonds is 5. The summed E-state index contributed by atoms with van der Waals surface area (Å²) >= 11 is 3.49. The zero-order valence-corrected chi connectivity index (χ0v) is 13.1. The van der Waals surface area contributed by atoms with Gasteiger partial charge in [-0.2, -0.15) is 0 Å². The van der Waals surface area contributed by atoms with Gasteiger partial charge in [-0.25, -0.2) is 0 Å². The SMILES string of the molecule is COC1(Cc2nnc(CBr)n2-c2ccccc2)CCC1. The number of methoxy groups -OCH3 is 1. The van der Waals surface area contributed by atoms with E-state index in [0.29, 0.717) is 5.33 Å². The Hall–Kier alpha value is -1.20. The fraction of sp³-hybridized carbons (Fsp3) is 0.467. The minimum Gasteiger partial charge on any atom is -0.378 e. The molecule has 0 atom stereocenters. The first kappa shape index (κ1) is 13.8. The van der Waals surface area contributed by atoms with Gasteiger partial charge < -0.3 is 4.74 Å². The lowest BCUT2D eigenvalue weighted by atomic mass is 9.77. The van der Waals surface area contributed by atoms with Crippen molar-refractivity contribution < 1.29 is 4.74 Å². The number of hydrogen-bond donors (Lipinski definition) is 0. The Bertz CT molecular complexity index is 573. The summed E-state index contributed by atoms with van der Waals surface area (Å²) in [5.74, 6) is 1.91. The van der Waals surface area contributed by atoms with E-state index < -0.39 is 0 Å². The molecule has 1 fully saturated rings.